The van der Waals surface area contributed by atoms with Crippen molar-refractivity contribution in [2.24, 2.45) is 11.7 Å². The first-order valence-electron chi connectivity index (χ1n) is 4.90. The molecule has 0 aliphatic carbocycles. The van der Waals surface area contributed by atoms with Crippen LogP contribution in [0.2, 0.25) is 0 Å². The van der Waals surface area contributed by atoms with Gasteiger partial charge in [0.2, 0.25) is 0 Å². The molecule has 82 valence electrons. The Hall–Kier alpha value is -0.900. The molecule has 0 aromatic heterocycles. The summed E-state index contributed by atoms with van der Waals surface area (Å²) in [6.45, 7) is 5.53. The minimum Gasteiger partial charge on any atom is -0.480 e. The molecule has 0 fully saturated rings. The Morgan fingerprint density at radius 2 is 1.93 bits per heavy atom. The zero-order chi connectivity index (χ0) is 11.4. The third-order valence-electron chi connectivity index (χ3n) is 2.09. The Morgan fingerprint density at radius 1 is 1.43 bits per heavy atom. The molecule has 0 aliphatic rings. The summed E-state index contributed by atoms with van der Waals surface area (Å²) in [4.78, 5) is 22.5. The molecule has 0 aromatic rings. The number of carbonyl (C=O) groups is 2. The van der Waals surface area contributed by atoms with E-state index in [0.29, 0.717) is 6.42 Å². The van der Waals surface area contributed by atoms with Crippen molar-refractivity contribution in [3.05, 3.63) is 0 Å². The lowest BCUT2D eigenvalue weighted by Crippen LogP contribution is -2.55. The van der Waals surface area contributed by atoms with E-state index in [2.05, 4.69) is 0 Å². The summed E-state index contributed by atoms with van der Waals surface area (Å²) in [6, 6.07) is 0. The number of carbonyl (C=O) groups excluding carboxylic acids is 1. The lowest BCUT2D eigenvalue weighted by Gasteiger charge is -2.24. The summed E-state index contributed by atoms with van der Waals surface area (Å²) in [6.07, 6.45) is 1.06. The maximum atomic E-state index is 11.5. The molecule has 0 saturated heterocycles. The topological polar surface area (TPSA) is 80.4 Å². The van der Waals surface area contributed by atoms with Gasteiger partial charge in [-0.2, -0.15) is 0 Å². The lowest BCUT2D eigenvalue weighted by atomic mass is 9.84. The molecule has 4 nitrogen and oxygen atoms in total. The van der Waals surface area contributed by atoms with Crippen molar-refractivity contribution < 1.29 is 14.7 Å². The summed E-state index contributed by atoms with van der Waals surface area (Å²) >= 11 is 0. The van der Waals surface area contributed by atoms with Gasteiger partial charge >= 0.3 is 5.97 Å². The van der Waals surface area contributed by atoms with Gasteiger partial charge in [-0.15, -0.1) is 0 Å². The van der Waals surface area contributed by atoms with E-state index in [-0.39, 0.29) is 24.5 Å². The van der Waals surface area contributed by atoms with E-state index >= 15 is 0 Å². The molecule has 0 aromatic carbocycles. The van der Waals surface area contributed by atoms with Gasteiger partial charge in [0, 0.05) is 6.42 Å². The molecule has 1 atom stereocenters. The Bertz CT molecular complexity index is 225. The standard InChI is InChI=1S/C10H19NO3/c1-4-5-8(12)10(11,9(13)14)6-7(2)3/h7H,4-6,11H2,1-3H3,(H,13,14)/t10-/m1/s1. The van der Waals surface area contributed by atoms with Crippen LogP contribution in [-0.4, -0.2) is 22.4 Å². The van der Waals surface area contributed by atoms with E-state index in [1.54, 1.807) is 0 Å². The fourth-order valence-electron chi connectivity index (χ4n) is 1.41. The Morgan fingerprint density at radius 3 is 2.21 bits per heavy atom. The molecular formula is C10H19NO3. The van der Waals surface area contributed by atoms with E-state index < -0.39 is 11.5 Å². The highest BCUT2D eigenvalue weighted by atomic mass is 16.4. The zero-order valence-corrected chi connectivity index (χ0v) is 9.04. The van der Waals surface area contributed by atoms with Gasteiger partial charge in [0.1, 0.15) is 0 Å². The number of rotatable bonds is 6. The summed E-state index contributed by atoms with van der Waals surface area (Å²) < 4.78 is 0. The molecule has 0 saturated carbocycles. The normalized spacial score (nSPS) is 15.2. The maximum absolute atomic E-state index is 11.5. The predicted molar refractivity (Wildman–Crippen MR) is 53.9 cm³/mol. The maximum Gasteiger partial charge on any atom is 0.331 e. The number of ketones is 1. The van der Waals surface area contributed by atoms with Crippen LogP contribution in [0, 0.1) is 5.92 Å². The minimum atomic E-state index is -1.69. The summed E-state index contributed by atoms with van der Waals surface area (Å²) in [7, 11) is 0. The van der Waals surface area contributed by atoms with E-state index in [1.807, 2.05) is 20.8 Å². The molecule has 0 unspecified atom stereocenters. The number of Topliss-reactive ketones (excluding diaryl/α,β-unsaturated/α-hetero) is 1. The average molecular weight is 201 g/mol. The van der Waals surface area contributed by atoms with E-state index in [4.69, 9.17) is 10.8 Å². The minimum absolute atomic E-state index is 0.0944. The van der Waals surface area contributed by atoms with Crippen molar-refractivity contribution in [3.8, 4) is 0 Å². The molecule has 3 N–H and O–H groups in total. The van der Waals surface area contributed by atoms with Gasteiger partial charge in [-0.3, -0.25) is 4.79 Å². The van der Waals surface area contributed by atoms with Gasteiger partial charge in [0.25, 0.3) is 0 Å². The largest absolute Gasteiger partial charge is 0.480 e. The van der Waals surface area contributed by atoms with Crippen molar-refractivity contribution in [2.45, 2.75) is 45.6 Å². The van der Waals surface area contributed by atoms with Crippen LogP contribution < -0.4 is 5.73 Å². The lowest BCUT2D eigenvalue weighted by molar-refractivity contribution is -0.149. The second kappa shape index (κ2) is 5.10. The molecule has 0 amide bonds. The van der Waals surface area contributed by atoms with Gasteiger partial charge in [0.15, 0.2) is 11.3 Å². The molecule has 0 aliphatic heterocycles. The van der Waals surface area contributed by atoms with Gasteiger partial charge in [-0.1, -0.05) is 20.8 Å². The first-order valence-corrected chi connectivity index (χ1v) is 4.90. The third-order valence-corrected chi connectivity index (χ3v) is 2.09. The fourth-order valence-corrected chi connectivity index (χ4v) is 1.41. The molecule has 0 spiro atoms. The van der Waals surface area contributed by atoms with Gasteiger partial charge < -0.3 is 10.8 Å². The molecule has 0 bridgehead atoms. The van der Waals surface area contributed by atoms with Crippen molar-refractivity contribution in [2.75, 3.05) is 0 Å². The Kier molecular flexibility index (Phi) is 4.77. The number of carboxylic acid groups (broad SMARTS) is 1. The van der Waals surface area contributed by atoms with Crippen molar-refractivity contribution >= 4 is 11.8 Å². The summed E-state index contributed by atoms with van der Waals surface area (Å²) in [5, 5.41) is 8.93. The number of hydrogen-bond acceptors (Lipinski definition) is 3. The van der Waals surface area contributed by atoms with Crippen molar-refractivity contribution in [1.29, 1.82) is 0 Å². The van der Waals surface area contributed by atoms with Gasteiger partial charge in [-0.05, 0) is 18.8 Å². The zero-order valence-electron chi connectivity index (χ0n) is 9.04. The van der Waals surface area contributed by atoms with Crippen molar-refractivity contribution in [3.63, 3.8) is 0 Å². The van der Waals surface area contributed by atoms with E-state index in [0.717, 1.165) is 0 Å². The molecule has 0 radical (unpaired) electrons. The van der Waals surface area contributed by atoms with Crippen LogP contribution in [0.25, 0.3) is 0 Å². The van der Waals surface area contributed by atoms with Crippen LogP contribution >= 0.6 is 0 Å². The molecule has 4 heteroatoms. The first kappa shape index (κ1) is 13.1. The fraction of sp³-hybridized carbons (Fsp3) is 0.800. The van der Waals surface area contributed by atoms with Crippen LogP contribution in [0.1, 0.15) is 40.0 Å². The highest BCUT2D eigenvalue weighted by Crippen LogP contribution is 2.18. The number of carboxylic acids is 1. The van der Waals surface area contributed by atoms with E-state index in [1.165, 1.54) is 0 Å². The molecule has 0 rings (SSSR count). The van der Waals surface area contributed by atoms with Crippen molar-refractivity contribution in [1.82, 2.24) is 0 Å². The van der Waals surface area contributed by atoms with Crippen LogP contribution in [0.4, 0.5) is 0 Å². The SMILES string of the molecule is CCCC(=O)[C@](N)(CC(C)C)C(=O)O. The number of hydrogen-bond donors (Lipinski definition) is 2. The van der Waals surface area contributed by atoms with E-state index in [9.17, 15) is 9.59 Å². The molecule has 0 heterocycles. The van der Waals surface area contributed by atoms with Gasteiger partial charge in [0.05, 0.1) is 0 Å². The third kappa shape index (κ3) is 3.10. The average Bonchev–Trinajstić information content (AvgIpc) is 2.02. The molecular weight excluding hydrogens is 182 g/mol. The second-order valence-electron chi connectivity index (χ2n) is 4.05. The van der Waals surface area contributed by atoms with Crippen LogP contribution in [0.15, 0.2) is 0 Å². The smallest absolute Gasteiger partial charge is 0.331 e. The number of aliphatic carboxylic acids is 1. The summed E-state index contributed by atoms with van der Waals surface area (Å²) in [5.74, 6) is -1.50. The Balaban J connectivity index is 4.71. The number of nitrogens with two attached hydrogens (primary N) is 1. The van der Waals surface area contributed by atoms with Crippen LogP contribution in [-0.2, 0) is 9.59 Å². The van der Waals surface area contributed by atoms with Crippen LogP contribution in [0.5, 0.6) is 0 Å². The Labute approximate surface area is 84.5 Å². The molecule has 14 heavy (non-hydrogen) atoms. The monoisotopic (exact) mass is 201 g/mol. The summed E-state index contributed by atoms with van der Waals surface area (Å²) in [5.41, 5.74) is 3.93. The predicted octanol–water partition coefficient (Wildman–Crippen LogP) is 1.18. The highest BCUT2D eigenvalue weighted by Gasteiger charge is 2.41. The van der Waals surface area contributed by atoms with Crippen LogP contribution in [0.3, 0.4) is 0 Å². The second-order valence-corrected chi connectivity index (χ2v) is 4.05. The first-order chi connectivity index (χ1) is 6.34. The van der Waals surface area contributed by atoms with Gasteiger partial charge in [-0.25, -0.2) is 4.79 Å². The quantitative estimate of drug-likeness (QED) is 0.632. The highest BCUT2D eigenvalue weighted by molar-refractivity contribution is 6.07.